The molecule has 1 aromatic carbocycles. The molecule has 1 atom stereocenters. The van der Waals surface area contributed by atoms with Gasteiger partial charge in [0.1, 0.15) is 5.25 Å². The molecular weight excluding hydrogens is 374 g/mol. The van der Waals surface area contributed by atoms with E-state index in [1.54, 1.807) is 36.6 Å². The standard InChI is InChI=1S/C17H21N3O4S2/c1-3-15(13-7-5-12(10-18)6-8-13)26(22,23)20-17-19-14(11-25-17)9-16(21)24-4-2/h3,5-8,11,15H,1,4,9-10,18H2,2H3,(H,19,20). The molecule has 9 heteroatoms. The molecular formula is C17H21N3O4S2. The van der Waals surface area contributed by atoms with Crippen LogP contribution in [0.3, 0.4) is 0 Å². The van der Waals surface area contributed by atoms with Crippen molar-refractivity contribution in [2.45, 2.75) is 25.1 Å². The Labute approximate surface area is 157 Å². The van der Waals surface area contributed by atoms with Gasteiger partial charge in [0.05, 0.1) is 18.7 Å². The van der Waals surface area contributed by atoms with Gasteiger partial charge >= 0.3 is 5.97 Å². The number of nitrogens with one attached hydrogen (secondary N) is 1. The average Bonchev–Trinajstić information content (AvgIpc) is 3.02. The summed E-state index contributed by atoms with van der Waals surface area (Å²) in [5.74, 6) is -0.406. The van der Waals surface area contributed by atoms with Crippen molar-refractivity contribution in [2.75, 3.05) is 11.3 Å². The second kappa shape index (κ2) is 8.93. The lowest BCUT2D eigenvalue weighted by Crippen LogP contribution is -2.20. The van der Waals surface area contributed by atoms with E-state index >= 15 is 0 Å². The van der Waals surface area contributed by atoms with E-state index in [9.17, 15) is 13.2 Å². The molecule has 0 aliphatic heterocycles. The summed E-state index contributed by atoms with van der Waals surface area (Å²) < 4.78 is 32.7. The highest BCUT2D eigenvalue weighted by Crippen LogP contribution is 2.27. The van der Waals surface area contributed by atoms with Crippen molar-refractivity contribution in [1.29, 1.82) is 0 Å². The number of ether oxygens (including phenoxy) is 1. The third-order valence-electron chi connectivity index (χ3n) is 3.50. The molecule has 3 N–H and O–H groups in total. The van der Waals surface area contributed by atoms with E-state index in [1.165, 1.54) is 6.08 Å². The van der Waals surface area contributed by atoms with Crippen LogP contribution in [0.4, 0.5) is 5.13 Å². The van der Waals surface area contributed by atoms with E-state index in [1.807, 2.05) is 0 Å². The second-order valence-electron chi connectivity index (χ2n) is 5.37. The van der Waals surface area contributed by atoms with Crippen LogP contribution < -0.4 is 10.5 Å². The number of anilines is 1. The number of aromatic nitrogens is 1. The molecule has 7 nitrogen and oxygen atoms in total. The highest BCUT2D eigenvalue weighted by atomic mass is 32.2. The summed E-state index contributed by atoms with van der Waals surface area (Å²) >= 11 is 1.11. The Morgan fingerprint density at radius 2 is 2.12 bits per heavy atom. The Morgan fingerprint density at radius 3 is 2.69 bits per heavy atom. The molecule has 0 amide bonds. The van der Waals surface area contributed by atoms with E-state index in [0.717, 1.165) is 16.9 Å². The highest BCUT2D eigenvalue weighted by molar-refractivity contribution is 7.93. The molecule has 0 spiro atoms. The number of carbonyl (C=O) groups is 1. The third-order valence-corrected chi connectivity index (χ3v) is 6.05. The summed E-state index contributed by atoms with van der Waals surface area (Å²) in [5, 5.41) is 0.870. The van der Waals surface area contributed by atoms with Gasteiger partial charge in [0.15, 0.2) is 5.13 Å². The Bertz CT molecular complexity index is 860. The number of benzene rings is 1. The first-order valence-electron chi connectivity index (χ1n) is 7.92. The van der Waals surface area contributed by atoms with Gasteiger partial charge in [-0.1, -0.05) is 30.3 Å². The van der Waals surface area contributed by atoms with Gasteiger partial charge in [0.25, 0.3) is 0 Å². The first kappa shape index (κ1) is 20.1. The maximum absolute atomic E-state index is 12.7. The lowest BCUT2D eigenvalue weighted by molar-refractivity contribution is -0.142. The largest absolute Gasteiger partial charge is 0.466 e. The van der Waals surface area contributed by atoms with E-state index < -0.39 is 21.2 Å². The summed E-state index contributed by atoms with van der Waals surface area (Å²) in [6.45, 7) is 6.01. The number of carbonyl (C=O) groups excluding carboxylic acids is 1. The van der Waals surface area contributed by atoms with Gasteiger partial charge in [0.2, 0.25) is 10.0 Å². The molecule has 26 heavy (non-hydrogen) atoms. The van der Waals surface area contributed by atoms with Crippen molar-refractivity contribution in [3.63, 3.8) is 0 Å². The molecule has 2 rings (SSSR count). The first-order valence-corrected chi connectivity index (χ1v) is 10.3. The van der Waals surface area contributed by atoms with E-state index in [2.05, 4.69) is 16.3 Å². The number of nitrogens with zero attached hydrogens (tertiary/aromatic N) is 1. The molecule has 2 aromatic rings. The maximum Gasteiger partial charge on any atom is 0.311 e. The summed E-state index contributed by atoms with van der Waals surface area (Å²) in [6.07, 6.45) is 1.35. The number of rotatable bonds is 9. The molecule has 0 radical (unpaired) electrons. The van der Waals surface area contributed by atoms with Crippen LogP contribution in [0.1, 0.15) is 29.0 Å². The van der Waals surface area contributed by atoms with Crippen LogP contribution >= 0.6 is 11.3 Å². The molecule has 0 aliphatic rings. The van der Waals surface area contributed by atoms with Crippen LogP contribution in [0.15, 0.2) is 42.3 Å². The average molecular weight is 396 g/mol. The van der Waals surface area contributed by atoms with Gasteiger partial charge in [0, 0.05) is 11.9 Å². The van der Waals surface area contributed by atoms with E-state index in [0.29, 0.717) is 17.8 Å². The lowest BCUT2D eigenvalue weighted by Gasteiger charge is -2.15. The summed E-state index contributed by atoms with van der Waals surface area (Å²) in [5.41, 5.74) is 7.50. The van der Waals surface area contributed by atoms with Crippen molar-refractivity contribution in [3.05, 3.63) is 59.1 Å². The lowest BCUT2D eigenvalue weighted by atomic mass is 10.1. The van der Waals surface area contributed by atoms with E-state index in [4.69, 9.17) is 10.5 Å². The number of sulfonamides is 1. The number of nitrogens with two attached hydrogens (primary N) is 1. The fraction of sp³-hybridized carbons (Fsp3) is 0.294. The normalized spacial score (nSPS) is 12.4. The van der Waals surface area contributed by atoms with Gasteiger partial charge in [-0.3, -0.25) is 9.52 Å². The van der Waals surface area contributed by atoms with Crippen LogP contribution in [0.25, 0.3) is 0 Å². The molecule has 0 saturated carbocycles. The summed E-state index contributed by atoms with van der Waals surface area (Å²) in [7, 11) is -3.79. The van der Waals surface area contributed by atoms with Crippen molar-refractivity contribution in [1.82, 2.24) is 4.98 Å². The van der Waals surface area contributed by atoms with Gasteiger partial charge in [-0.05, 0) is 18.1 Å². The smallest absolute Gasteiger partial charge is 0.311 e. The van der Waals surface area contributed by atoms with Crippen molar-refractivity contribution in [2.24, 2.45) is 5.73 Å². The van der Waals surface area contributed by atoms with Gasteiger partial charge < -0.3 is 10.5 Å². The molecule has 0 saturated heterocycles. The molecule has 0 fully saturated rings. The molecule has 0 bridgehead atoms. The van der Waals surface area contributed by atoms with Gasteiger partial charge in [-0.2, -0.15) is 0 Å². The number of thiazole rings is 1. The molecule has 140 valence electrons. The van der Waals surface area contributed by atoms with Crippen LogP contribution in [0, 0.1) is 0 Å². The van der Waals surface area contributed by atoms with Crippen LogP contribution in [0.2, 0.25) is 0 Å². The first-order chi connectivity index (χ1) is 12.4. The minimum Gasteiger partial charge on any atom is -0.466 e. The summed E-state index contributed by atoms with van der Waals surface area (Å²) in [6, 6.07) is 6.98. The Morgan fingerprint density at radius 1 is 1.42 bits per heavy atom. The Kier molecular flexibility index (Phi) is 6.90. The zero-order valence-corrected chi connectivity index (χ0v) is 16.0. The van der Waals surface area contributed by atoms with E-state index in [-0.39, 0.29) is 18.2 Å². The Hall–Kier alpha value is -2.23. The van der Waals surface area contributed by atoms with Crippen LogP contribution in [-0.2, 0) is 32.5 Å². The molecule has 0 aliphatic carbocycles. The number of hydrogen-bond acceptors (Lipinski definition) is 7. The molecule has 1 unspecified atom stereocenters. The molecule has 1 aromatic heterocycles. The van der Waals surface area contributed by atoms with Crippen molar-refractivity contribution in [3.8, 4) is 0 Å². The zero-order chi connectivity index (χ0) is 19.2. The predicted molar refractivity (Wildman–Crippen MR) is 102 cm³/mol. The minimum absolute atomic E-state index is 0.00247. The van der Waals surface area contributed by atoms with Crippen LogP contribution in [0.5, 0.6) is 0 Å². The fourth-order valence-electron chi connectivity index (χ4n) is 2.27. The monoisotopic (exact) mass is 395 g/mol. The van der Waals surface area contributed by atoms with Crippen molar-refractivity contribution < 1.29 is 17.9 Å². The predicted octanol–water partition coefficient (Wildman–Crippen LogP) is 2.38. The minimum atomic E-state index is -3.79. The topological polar surface area (TPSA) is 111 Å². The fourth-order valence-corrected chi connectivity index (χ4v) is 4.54. The zero-order valence-electron chi connectivity index (χ0n) is 14.3. The quantitative estimate of drug-likeness (QED) is 0.498. The highest BCUT2D eigenvalue weighted by Gasteiger charge is 2.25. The number of esters is 1. The van der Waals surface area contributed by atoms with Gasteiger partial charge in [-0.15, -0.1) is 17.9 Å². The Balaban J connectivity index is 2.14. The molecule has 1 heterocycles. The van der Waals surface area contributed by atoms with Crippen LogP contribution in [-0.4, -0.2) is 26.0 Å². The second-order valence-corrected chi connectivity index (χ2v) is 8.03. The SMILES string of the molecule is C=CC(c1ccc(CN)cc1)S(=O)(=O)Nc1nc(CC(=O)OCC)cs1. The van der Waals surface area contributed by atoms with Crippen molar-refractivity contribution >= 4 is 32.5 Å². The third kappa shape index (κ3) is 5.13. The maximum atomic E-state index is 12.7. The summed E-state index contributed by atoms with van der Waals surface area (Å²) in [4.78, 5) is 15.6. The number of hydrogen-bond donors (Lipinski definition) is 2. The van der Waals surface area contributed by atoms with Gasteiger partial charge in [-0.25, -0.2) is 13.4 Å².